The Hall–Kier alpha value is -7.96. The maximum atomic E-state index is 7.02. The summed E-state index contributed by atoms with van der Waals surface area (Å²) in [6.07, 6.45) is 0. The van der Waals surface area contributed by atoms with Crippen LogP contribution in [0.25, 0.3) is 112 Å². The van der Waals surface area contributed by atoms with Gasteiger partial charge in [0.25, 0.3) is 0 Å². The minimum absolute atomic E-state index is 0.862. The molecule has 4 heterocycles. The number of para-hydroxylation sites is 3. The Morgan fingerprint density at radius 1 is 0.385 bits per heavy atom. The van der Waals surface area contributed by atoms with E-state index in [0.29, 0.717) is 0 Å². The SMILES string of the molecule is c1cc(-c2ccc(N(c3ccc(-c4cccc5sc6ccccc6c45)cc3)c3cccc4c3sc3ccccc34)c3c2oc2ccccc23)cc(-n2c3ccccc3c3ccccc32)c1. The van der Waals surface area contributed by atoms with Crippen molar-refractivity contribution in [2.45, 2.75) is 0 Å². The molecule has 0 spiro atoms. The molecule has 4 aromatic heterocycles. The van der Waals surface area contributed by atoms with Crippen LogP contribution in [0.15, 0.2) is 223 Å². The molecule has 0 aliphatic heterocycles. The summed E-state index contributed by atoms with van der Waals surface area (Å²) in [7, 11) is 0. The topological polar surface area (TPSA) is 21.3 Å². The Morgan fingerprint density at radius 2 is 1.02 bits per heavy atom. The molecule has 0 saturated carbocycles. The number of benzene rings is 10. The van der Waals surface area contributed by atoms with Crippen LogP contribution >= 0.6 is 22.7 Å². The van der Waals surface area contributed by atoms with Crippen molar-refractivity contribution in [1.29, 1.82) is 0 Å². The maximum Gasteiger partial charge on any atom is 0.145 e. The standard InChI is InChI=1S/C60H36N2OS2/c1-6-23-49-43(16-1)44-17-2-7-24-50(44)62(49)40-15-11-14-38(36-40)42-34-35-51(58-47-19-3-8-26-53(47)63-59(42)58)61(52-25-12-22-46-45-18-4-9-27-54(45)65-60(46)52)39-32-30-37(31-33-39)41-21-13-29-56-57(41)48-20-5-10-28-55(48)64-56/h1-36H. The van der Waals surface area contributed by atoms with Gasteiger partial charge >= 0.3 is 0 Å². The lowest BCUT2D eigenvalue weighted by Crippen LogP contribution is -2.10. The zero-order chi connectivity index (χ0) is 42.6. The van der Waals surface area contributed by atoms with Crippen molar-refractivity contribution in [2.75, 3.05) is 4.90 Å². The first-order chi connectivity index (χ1) is 32.2. The fourth-order valence-electron chi connectivity index (χ4n) is 10.4. The largest absolute Gasteiger partial charge is 0.455 e. The van der Waals surface area contributed by atoms with Gasteiger partial charge in [0.1, 0.15) is 11.2 Å². The average Bonchev–Trinajstić information content (AvgIpc) is 4.14. The van der Waals surface area contributed by atoms with Crippen molar-refractivity contribution in [3.8, 4) is 27.9 Å². The molecule has 10 aromatic carbocycles. The van der Waals surface area contributed by atoms with Crippen LogP contribution in [0.4, 0.5) is 17.1 Å². The van der Waals surface area contributed by atoms with Crippen LogP contribution in [-0.4, -0.2) is 4.57 Å². The molecule has 0 aliphatic rings. The van der Waals surface area contributed by atoms with Gasteiger partial charge in [-0.3, -0.25) is 0 Å². The highest BCUT2D eigenvalue weighted by molar-refractivity contribution is 7.26. The zero-order valence-electron chi connectivity index (χ0n) is 34.9. The summed E-state index contributed by atoms with van der Waals surface area (Å²) in [4.78, 5) is 2.46. The number of anilines is 3. The molecule has 3 nitrogen and oxygen atoms in total. The van der Waals surface area contributed by atoms with E-state index in [0.717, 1.165) is 55.8 Å². The van der Waals surface area contributed by atoms with Crippen LogP contribution in [-0.2, 0) is 0 Å². The highest BCUT2D eigenvalue weighted by atomic mass is 32.1. The monoisotopic (exact) mass is 864 g/mol. The molecule has 65 heavy (non-hydrogen) atoms. The van der Waals surface area contributed by atoms with Crippen molar-refractivity contribution < 1.29 is 4.42 Å². The third-order valence-electron chi connectivity index (χ3n) is 13.2. The van der Waals surface area contributed by atoms with Crippen molar-refractivity contribution >= 4 is 124 Å². The first kappa shape index (κ1) is 36.5. The van der Waals surface area contributed by atoms with E-state index in [1.165, 1.54) is 73.3 Å². The lowest BCUT2D eigenvalue weighted by Gasteiger charge is -2.27. The lowest BCUT2D eigenvalue weighted by atomic mass is 9.98. The first-order valence-corrected chi connectivity index (χ1v) is 23.6. The number of thiophene rings is 2. The van der Waals surface area contributed by atoms with Gasteiger partial charge in [0, 0.05) is 68.7 Å². The minimum atomic E-state index is 0.862. The molecule has 0 unspecified atom stereocenters. The predicted molar refractivity (Wildman–Crippen MR) is 279 cm³/mol. The second-order valence-corrected chi connectivity index (χ2v) is 18.9. The highest BCUT2D eigenvalue weighted by Crippen LogP contribution is 2.50. The molecule has 304 valence electrons. The number of fused-ring (bicyclic) bond motifs is 12. The fraction of sp³-hybridized carbons (Fsp3) is 0. The second-order valence-electron chi connectivity index (χ2n) is 16.8. The van der Waals surface area contributed by atoms with Gasteiger partial charge in [0.2, 0.25) is 0 Å². The lowest BCUT2D eigenvalue weighted by molar-refractivity contribution is 0.670. The van der Waals surface area contributed by atoms with Gasteiger partial charge in [0.05, 0.1) is 32.5 Å². The number of nitrogens with zero attached hydrogens (tertiary/aromatic N) is 2. The minimum Gasteiger partial charge on any atom is -0.455 e. The van der Waals surface area contributed by atoms with Crippen molar-refractivity contribution in [1.82, 2.24) is 4.57 Å². The fourth-order valence-corrected chi connectivity index (χ4v) is 12.7. The van der Waals surface area contributed by atoms with Gasteiger partial charge < -0.3 is 13.9 Å². The molecule has 0 radical (unpaired) electrons. The zero-order valence-corrected chi connectivity index (χ0v) is 36.5. The van der Waals surface area contributed by atoms with Crippen LogP contribution in [0.5, 0.6) is 0 Å². The summed E-state index contributed by atoms with van der Waals surface area (Å²) in [6, 6.07) is 79.5. The Bertz CT molecular complexity index is 4150. The molecule has 0 saturated heterocycles. The third kappa shape index (κ3) is 5.53. The smallest absolute Gasteiger partial charge is 0.145 e. The van der Waals surface area contributed by atoms with Crippen molar-refractivity contribution in [2.24, 2.45) is 0 Å². The summed E-state index contributed by atoms with van der Waals surface area (Å²) in [5, 5.41) is 9.81. The second kappa shape index (κ2) is 14.3. The van der Waals surface area contributed by atoms with E-state index in [2.05, 4.69) is 228 Å². The molecule has 0 aliphatic carbocycles. The highest BCUT2D eigenvalue weighted by Gasteiger charge is 2.25. The van der Waals surface area contributed by atoms with E-state index < -0.39 is 0 Å². The molecule has 5 heteroatoms. The van der Waals surface area contributed by atoms with Gasteiger partial charge in [-0.15, -0.1) is 22.7 Å². The Balaban J connectivity index is 0.994. The Kier molecular flexibility index (Phi) is 8.02. The number of aromatic nitrogens is 1. The molecule has 0 atom stereocenters. The molecule has 14 aromatic rings. The van der Waals surface area contributed by atoms with Crippen LogP contribution in [0, 0.1) is 0 Å². The van der Waals surface area contributed by atoms with E-state index in [9.17, 15) is 0 Å². The van der Waals surface area contributed by atoms with Crippen LogP contribution in [0.2, 0.25) is 0 Å². The summed E-state index contributed by atoms with van der Waals surface area (Å²) >= 11 is 3.72. The molecular formula is C60H36N2OS2. The third-order valence-corrected chi connectivity index (χ3v) is 15.5. The van der Waals surface area contributed by atoms with Gasteiger partial charge in [-0.1, -0.05) is 140 Å². The number of furan rings is 1. The van der Waals surface area contributed by atoms with E-state index in [4.69, 9.17) is 4.42 Å². The average molecular weight is 865 g/mol. The van der Waals surface area contributed by atoms with Crippen molar-refractivity contribution in [3.63, 3.8) is 0 Å². The molecule has 14 rings (SSSR count). The molecule has 0 bridgehead atoms. The van der Waals surface area contributed by atoms with E-state index in [1.54, 1.807) is 0 Å². The number of hydrogen-bond donors (Lipinski definition) is 0. The number of hydrogen-bond acceptors (Lipinski definition) is 4. The van der Waals surface area contributed by atoms with E-state index >= 15 is 0 Å². The van der Waals surface area contributed by atoms with Gasteiger partial charge in [0.15, 0.2) is 0 Å². The summed E-state index contributed by atoms with van der Waals surface area (Å²) in [5.41, 5.74) is 13.1. The van der Waals surface area contributed by atoms with Gasteiger partial charge in [-0.25, -0.2) is 0 Å². The van der Waals surface area contributed by atoms with Crippen molar-refractivity contribution in [3.05, 3.63) is 218 Å². The van der Waals surface area contributed by atoms with Gasteiger partial charge in [-0.05, 0) is 95.6 Å². The normalized spacial score (nSPS) is 12.0. The van der Waals surface area contributed by atoms with E-state index in [-0.39, 0.29) is 0 Å². The quantitative estimate of drug-likeness (QED) is 0.166. The summed E-state index contributed by atoms with van der Waals surface area (Å²) in [5.74, 6) is 0. The molecule has 0 N–H and O–H groups in total. The maximum absolute atomic E-state index is 7.02. The summed E-state index contributed by atoms with van der Waals surface area (Å²) in [6.45, 7) is 0. The summed E-state index contributed by atoms with van der Waals surface area (Å²) < 4.78 is 14.5. The first-order valence-electron chi connectivity index (χ1n) is 22.0. The van der Waals surface area contributed by atoms with Gasteiger partial charge in [-0.2, -0.15) is 0 Å². The number of rotatable bonds is 6. The van der Waals surface area contributed by atoms with Crippen LogP contribution in [0.1, 0.15) is 0 Å². The van der Waals surface area contributed by atoms with Crippen LogP contribution < -0.4 is 4.90 Å². The predicted octanol–water partition coefficient (Wildman–Crippen LogP) is 18.2. The molecule has 0 amide bonds. The molecular weight excluding hydrogens is 829 g/mol. The Morgan fingerprint density at radius 3 is 1.82 bits per heavy atom. The Labute approximate surface area is 381 Å². The van der Waals surface area contributed by atoms with E-state index in [1.807, 2.05) is 22.7 Å². The van der Waals surface area contributed by atoms with Crippen LogP contribution in [0.3, 0.4) is 0 Å². The molecule has 0 fully saturated rings.